The van der Waals surface area contributed by atoms with Gasteiger partial charge in [0, 0.05) is 24.3 Å². The van der Waals surface area contributed by atoms with Crippen LogP contribution in [0.5, 0.6) is 0 Å². The van der Waals surface area contributed by atoms with E-state index in [1.807, 2.05) is 24.7 Å². The summed E-state index contributed by atoms with van der Waals surface area (Å²) in [5.41, 5.74) is 7.26. The molecule has 0 amide bonds. The highest BCUT2D eigenvalue weighted by atomic mass is 35.5. The molecule has 1 heterocycles. The molecule has 0 aliphatic rings. The fourth-order valence-electron chi connectivity index (χ4n) is 1.89. The molecular formula is C14H18ClFN4. The van der Waals surface area contributed by atoms with Crippen molar-refractivity contribution in [3.05, 3.63) is 47.0 Å². The van der Waals surface area contributed by atoms with Crippen molar-refractivity contribution in [3.63, 3.8) is 0 Å². The maximum Gasteiger partial charge on any atom is 0.125 e. The Morgan fingerprint density at radius 1 is 1.45 bits per heavy atom. The van der Waals surface area contributed by atoms with Crippen molar-refractivity contribution in [2.75, 3.05) is 11.9 Å². The molecule has 1 unspecified atom stereocenters. The topological polar surface area (TPSA) is 55.9 Å². The zero-order valence-electron chi connectivity index (χ0n) is 11.5. The van der Waals surface area contributed by atoms with Gasteiger partial charge in [-0.3, -0.25) is 4.68 Å². The molecule has 20 heavy (non-hydrogen) atoms. The minimum Gasteiger partial charge on any atom is -0.376 e. The molecule has 2 aromatic rings. The van der Waals surface area contributed by atoms with Crippen LogP contribution >= 0.6 is 11.6 Å². The van der Waals surface area contributed by atoms with Crippen LogP contribution in [0.3, 0.4) is 0 Å². The highest BCUT2D eigenvalue weighted by molar-refractivity contribution is 6.33. The van der Waals surface area contributed by atoms with Crippen LogP contribution in [0, 0.1) is 5.82 Å². The molecule has 4 nitrogen and oxygen atoms in total. The molecule has 0 radical (unpaired) electrons. The van der Waals surface area contributed by atoms with Gasteiger partial charge in [0.25, 0.3) is 0 Å². The molecule has 1 atom stereocenters. The van der Waals surface area contributed by atoms with Crippen LogP contribution in [0.25, 0.3) is 0 Å². The lowest BCUT2D eigenvalue weighted by molar-refractivity contribution is 0.531. The molecule has 0 saturated carbocycles. The number of hydrogen-bond acceptors (Lipinski definition) is 3. The van der Waals surface area contributed by atoms with Crippen molar-refractivity contribution in [1.29, 1.82) is 0 Å². The summed E-state index contributed by atoms with van der Waals surface area (Å²) in [5, 5.41) is 7.90. The zero-order valence-corrected chi connectivity index (χ0v) is 12.2. The first-order valence-electron chi connectivity index (χ1n) is 6.47. The summed E-state index contributed by atoms with van der Waals surface area (Å²) < 4.78 is 15.1. The minimum atomic E-state index is -0.342. The number of aromatic nitrogens is 2. The van der Waals surface area contributed by atoms with Gasteiger partial charge < -0.3 is 11.1 Å². The van der Waals surface area contributed by atoms with Gasteiger partial charge >= 0.3 is 0 Å². The maximum atomic E-state index is 13.3. The SMILES string of the molecule is CC(C)n1cc(C(CN)Nc2cc(F)ccc2Cl)cn1. The smallest absolute Gasteiger partial charge is 0.125 e. The Morgan fingerprint density at radius 3 is 2.80 bits per heavy atom. The van der Waals surface area contributed by atoms with E-state index in [1.54, 1.807) is 6.20 Å². The summed E-state index contributed by atoms with van der Waals surface area (Å²) in [6.45, 7) is 4.45. The van der Waals surface area contributed by atoms with E-state index in [2.05, 4.69) is 10.4 Å². The lowest BCUT2D eigenvalue weighted by atomic mass is 10.1. The third-order valence-electron chi connectivity index (χ3n) is 3.05. The fraction of sp³-hybridized carbons (Fsp3) is 0.357. The van der Waals surface area contributed by atoms with Crippen LogP contribution < -0.4 is 11.1 Å². The third kappa shape index (κ3) is 3.29. The molecule has 0 bridgehead atoms. The second-order valence-electron chi connectivity index (χ2n) is 4.90. The van der Waals surface area contributed by atoms with E-state index < -0.39 is 0 Å². The normalized spacial score (nSPS) is 12.7. The van der Waals surface area contributed by atoms with E-state index in [1.165, 1.54) is 18.2 Å². The van der Waals surface area contributed by atoms with Crippen LogP contribution in [0.2, 0.25) is 5.02 Å². The number of rotatable bonds is 5. The van der Waals surface area contributed by atoms with Gasteiger partial charge in [0.1, 0.15) is 5.82 Å². The molecule has 0 spiro atoms. The van der Waals surface area contributed by atoms with Crippen molar-refractivity contribution >= 4 is 17.3 Å². The molecular weight excluding hydrogens is 279 g/mol. The first-order chi connectivity index (χ1) is 9.51. The molecule has 108 valence electrons. The molecule has 6 heteroatoms. The average molecular weight is 297 g/mol. The standard InChI is InChI=1S/C14H18ClFN4/c1-9(2)20-8-10(7-18-20)14(6-17)19-13-5-11(16)3-4-12(13)15/h3-5,7-9,14,19H,6,17H2,1-2H3. The Bertz CT molecular complexity index is 582. The van der Waals surface area contributed by atoms with Gasteiger partial charge in [-0.25, -0.2) is 4.39 Å². The van der Waals surface area contributed by atoms with E-state index in [-0.39, 0.29) is 17.9 Å². The number of nitrogens with zero attached hydrogens (tertiary/aromatic N) is 2. The largest absolute Gasteiger partial charge is 0.376 e. The van der Waals surface area contributed by atoms with Crippen LogP contribution in [0.15, 0.2) is 30.6 Å². The molecule has 0 fully saturated rings. The van der Waals surface area contributed by atoms with Crippen LogP contribution in [0.4, 0.5) is 10.1 Å². The minimum absolute atomic E-state index is 0.165. The Hall–Kier alpha value is -1.59. The molecule has 2 rings (SSSR count). The first-order valence-corrected chi connectivity index (χ1v) is 6.84. The predicted molar refractivity (Wildman–Crippen MR) is 79.4 cm³/mol. The monoisotopic (exact) mass is 296 g/mol. The number of benzene rings is 1. The lowest BCUT2D eigenvalue weighted by Gasteiger charge is -2.18. The third-order valence-corrected chi connectivity index (χ3v) is 3.38. The van der Waals surface area contributed by atoms with Gasteiger partial charge in [-0.1, -0.05) is 11.6 Å². The average Bonchev–Trinajstić information content (AvgIpc) is 2.89. The summed E-state index contributed by atoms with van der Waals surface area (Å²) in [4.78, 5) is 0. The molecule has 1 aromatic heterocycles. The van der Waals surface area contributed by atoms with Gasteiger partial charge in [-0.2, -0.15) is 5.10 Å². The second kappa shape index (κ2) is 6.24. The maximum absolute atomic E-state index is 13.3. The van der Waals surface area contributed by atoms with Crippen LogP contribution in [0.1, 0.15) is 31.5 Å². The van der Waals surface area contributed by atoms with Gasteiger partial charge in [0.05, 0.1) is 22.9 Å². The predicted octanol–water partition coefficient (Wildman–Crippen LogP) is 3.37. The molecule has 1 aromatic carbocycles. The van der Waals surface area contributed by atoms with Crippen LogP contribution in [-0.4, -0.2) is 16.3 Å². The van der Waals surface area contributed by atoms with Gasteiger partial charge in [-0.15, -0.1) is 0 Å². The number of nitrogens with one attached hydrogen (secondary N) is 1. The molecule has 3 N–H and O–H groups in total. The van der Waals surface area contributed by atoms with E-state index in [0.717, 1.165) is 5.56 Å². The highest BCUT2D eigenvalue weighted by Gasteiger charge is 2.14. The molecule has 0 aliphatic carbocycles. The highest BCUT2D eigenvalue weighted by Crippen LogP contribution is 2.26. The Labute approximate surface area is 122 Å². The van der Waals surface area contributed by atoms with Crippen molar-refractivity contribution in [1.82, 2.24) is 9.78 Å². The quantitative estimate of drug-likeness (QED) is 0.889. The molecule has 0 aliphatic heterocycles. The number of halogens is 2. The molecule has 0 saturated heterocycles. The van der Waals surface area contributed by atoms with Crippen LogP contribution in [-0.2, 0) is 0 Å². The van der Waals surface area contributed by atoms with Gasteiger partial charge in [0.2, 0.25) is 0 Å². The van der Waals surface area contributed by atoms with Crippen molar-refractivity contribution < 1.29 is 4.39 Å². The summed E-state index contributed by atoms with van der Waals surface area (Å²) in [7, 11) is 0. The fourth-order valence-corrected chi connectivity index (χ4v) is 2.06. The van der Waals surface area contributed by atoms with E-state index >= 15 is 0 Å². The van der Waals surface area contributed by atoms with E-state index in [9.17, 15) is 4.39 Å². The van der Waals surface area contributed by atoms with Crippen molar-refractivity contribution in [2.45, 2.75) is 25.9 Å². The summed E-state index contributed by atoms with van der Waals surface area (Å²) >= 11 is 6.05. The number of anilines is 1. The first kappa shape index (κ1) is 14.8. The van der Waals surface area contributed by atoms with E-state index in [0.29, 0.717) is 17.3 Å². The van der Waals surface area contributed by atoms with Gasteiger partial charge in [-0.05, 0) is 32.0 Å². The van der Waals surface area contributed by atoms with E-state index in [4.69, 9.17) is 17.3 Å². The summed E-state index contributed by atoms with van der Waals surface area (Å²) in [5.74, 6) is -0.342. The zero-order chi connectivity index (χ0) is 14.7. The van der Waals surface area contributed by atoms with Gasteiger partial charge in [0.15, 0.2) is 0 Å². The van der Waals surface area contributed by atoms with Crippen molar-refractivity contribution in [3.8, 4) is 0 Å². The number of nitrogens with two attached hydrogens (primary N) is 1. The summed E-state index contributed by atoms with van der Waals surface area (Å²) in [6, 6.07) is 4.31. The Kier molecular flexibility index (Phi) is 4.62. The van der Waals surface area contributed by atoms with Crippen molar-refractivity contribution in [2.24, 2.45) is 5.73 Å². The Morgan fingerprint density at radius 2 is 2.20 bits per heavy atom. The number of hydrogen-bond donors (Lipinski definition) is 2. The lowest BCUT2D eigenvalue weighted by Crippen LogP contribution is -2.20. The summed E-state index contributed by atoms with van der Waals surface area (Å²) in [6.07, 6.45) is 3.69. The second-order valence-corrected chi connectivity index (χ2v) is 5.31. The Balaban J connectivity index is 2.21.